The molecule has 1 aliphatic rings. The molecule has 34 heavy (non-hydrogen) atoms. The Balaban J connectivity index is 1.44. The van der Waals surface area contributed by atoms with E-state index in [1.54, 1.807) is 42.9 Å². The van der Waals surface area contributed by atoms with Crippen LogP contribution in [0.15, 0.2) is 73.7 Å². The SMILES string of the molecule is C=CCN1CCC[C@H]1Cn1nc(-c2ccc(C(=O)Nc3ccccn3)cc2)c2cncc(Cl)c21. The molecule has 7 nitrogen and oxygen atoms in total. The second-order valence-electron chi connectivity index (χ2n) is 8.37. The van der Waals surface area contributed by atoms with Crippen molar-refractivity contribution in [1.29, 1.82) is 0 Å². The highest BCUT2D eigenvalue weighted by Crippen LogP contribution is 2.32. The molecule has 1 aromatic carbocycles. The number of nitrogens with one attached hydrogen (secondary N) is 1. The number of aromatic nitrogens is 4. The molecule has 3 aromatic heterocycles. The zero-order valence-electron chi connectivity index (χ0n) is 18.7. The van der Waals surface area contributed by atoms with Gasteiger partial charge in [0.2, 0.25) is 0 Å². The van der Waals surface area contributed by atoms with Gasteiger partial charge in [-0.1, -0.05) is 35.9 Å². The van der Waals surface area contributed by atoms with Gasteiger partial charge in [0, 0.05) is 47.7 Å². The highest BCUT2D eigenvalue weighted by molar-refractivity contribution is 6.35. The molecule has 0 aliphatic carbocycles. The maximum Gasteiger partial charge on any atom is 0.256 e. The molecular weight excluding hydrogens is 448 g/mol. The summed E-state index contributed by atoms with van der Waals surface area (Å²) in [6, 6.07) is 13.2. The maximum atomic E-state index is 12.6. The van der Waals surface area contributed by atoms with Gasteiger partial charge in [-0.2, -0.15) is 5.10 Å². The molecular formula is C26H25ClN6O. The summed E-state index contributed by atoms with van der Waals surface area (Å²) in [7, 11) is 0. The Bertz CT molecular complexity index is 1320. The van der Waals surface area contributed by atoms with Crippen molar-refractivity contribution in [3.05, 3.63) is 84.3 Å². The van der Waals surface area contributed by atoms with Crippen LogP contribution in [0.1, 0.15) is 23.2 Å². The Morgan fingerprint density at radius 2 is 2.06 bits per heavy atom. The number of anilines is 1. The van der Waals surface area contributed by atoms with Crippen molar-refractivity contribution in [1.82, 2.24) is 24.6 Å². The van der Waals surface area contributed by atoms with Crippen molar-refractivity contribution in [3.8, 4) is 11.3 Å². The normalized spacial score (nSPS) is 16.1. The monoisotopic (exact) mass is 472 g/mol. The van der Waals surface area contributed by atoms with Crippen LogP contribution < -0.4 is 5.32 Å². The molecule has 0 radical (unpaired) electrons. The second kappa shape index (κ2) is 9.75. The molecule has 0 saturated carbocycles. The van der Waals surface area contributed by atoms with Gasteiger partial charge in [-0.15, -0.1) is 6.58 Å². The minimum absolute atomic E-state index is 0.214. The molecule has 1 aliphatic heterocycles. The number of hydrogen-bond donors (Lipinski definition) is 1. The Labute approximate surface area is 203 Å². The summed E-state index contributed by atoms with van der Waals surface area (Å²) in [5.74, 6) is 0.299. The molecule has 5 rings (SSSR count). The Kier molecular flexibility index (Phi) is 6.38. The highest BCUT2D eigenvalue weighted by Gasteiger charge is 2.26. The molecule has 0 bridgehead atoms. The smallest absolute Gasteiger partial charge is 0.256 e. The maximum absolute atomic E-state index is 12.6. The fourth-order valence-corrected chi connectivity index (χ4v) is 4.80. The van der Waals surface area contributed by atoms with Crippen molar-refractivity contribution < 1.29 is 4.79 Å². The number of benzene rings is 1. The Morgan fingerprint density at radius 1 is 1.21 bits per heavy atom. The van der Waals surface area contributed by atoms with Crippen molar-refractivity contribution in [2.24, 2.45) is 0 Å². The summed E-state index contributed by atoms with van der Waals surface area (Å²) in [4.78, 5) is 23.5. The van der Waals surface area contributed by atoms with E-state index in [4.69, 9.17) is 16.7 Å². The Hall–Kier alpha value is -3.55. The number of carbonyl (C=O) groups excluding carboxylic acids is 1. The molecule has 1 saturated heterocycles. The quantitative estimate of drug-likeness (QED) is 0.381. The van der Waals surface area contributed by atoms with E-state index in [0.29, 0.717) is 22.4 Å². The van der Waals surface area contributed by atoms with Crippen LogP contribution >= 0.6 is 11.6 Å². The number of carbonyl (C=O) groups is 1. The van der Waals surface area contributed by atoms with Gasteiger partial charge in [0.1, 0.15) is 11.5 Å². The number of nitrogens with zero attached hydrogens (tertiary/aromatic N) is 5. The predicted molar refractivity (Wildman–Crippen MR) is 135 cm³/mol. The van der Waals surface area contributed by atoms with E-state index >= 15 is 0 Å². The van der Waals surface area contributed by atoms with Gasteiger partial charge in [0.25, 0.3) is 5.91 Å². The molecule has 8 heteroatoms. The zero-order chi connectivity index (χ0) is 23.5. The number of amides is 1. The van der Waals surface area contributed by atoms with E-state index < -0.39 is 0 Å². The average Bonchev–Trinajstić information content (AvgIpc) is 3.45. The molecule has 172 valence electrons. The molecule has 1 fully saturated rings. The summed E-state index contributed by atoms with van der Waals surface area (Å²) in [6.45, 7) is 6.58. The van der Waals surface area contributed by atoms with Gasteiger partial charge in [0.15, 0.2) is 0 Å². The third-order valence-electron chi connectivity index (χ3n) is 6.18. The van der Waals surface area contributed by atoms with Crippen LogP contribution in [0.5, 0.6) is 0 Å². The first-order valence-electron chi connectivity index (χ1n) is 11.3. The van der Waals surface area contributed by atoms with Crippen LogP contribution in [0.3, 0.4) is 0 Å². The summed E-state index contributed by atoms with van der Waals surface area (Å²) in [5.41, 5.74) is 3.13. The lowest BCUT2D eigenvalue weighted by atomic mass is 10.1. The van der Waals surface area contributed by atoms with Crippen LogP contribution in [-0.2, 0) is 6.54 Å². The van der Waals surface area contributed by atoms with Crippen molar-refractivity contribution in [3.63, 3.8) is 0 Å². The topological polar surface area (TPSA) is 75.9 Å². The summed E-state index contributed by atoms with van der Waals surface area (Å²) < 4.78 is 2.00. The number of fused-ring (bicyclic) bond motifs is 1. The van der Waals surface area contributed by atoms with E-state index in [0.717, 1.165) is 48.2 Å². The fourth-order valence-electron chi connectivity index (χ4n) is 4.55. The third kappa shape index (κ3) is 4.44. The summed E-state index contributed by atoms with van der Waals surface area (Å²) >= 11 is 6.58. The lowest BCUT2D eigenvalue weighted by molar-refractivity contribution is 0.102. The standard InChI is InChI=1S/C26H25ClN6O/c1-2-13-32-14-5-6-20(32)17-33-25-21(15-28-16-22(25)27)24(31-33)18-8-10-19(11-9-18)26(34)30-23-7-3-4-12-29-23/h2-4,7-12,15-16,20H,1,5-6,13-14,17H2,(H,29,30,34)/t20-/m0/s1. The first-order valence-corrected chi connectivity index (χ1v) is 11.7. The number of rotatable bonds is 7. The van der Waals surface area contributed by atoms with Crippen LogP contribution in [0, 0.1) is 0 Å². The molecule has 1 N–H and O–H groups in total. The molecule has 0 unspecified atom stereocenters. The second-order valence-corrected chi connectivity index (χ2v) is 8.78. The molecule has 0 spiro atoms. The lowest BCUT2D eigenvalue weighted by Gasteiger charge is -2.23. The number of hydrogen-bond acceptors (Lipinski definition) is 5. The van der Waals surface area contributed by atoms with Crippen molar-refractivity contribution >= 4 is 34.2 Å². The van der Waals surface area contributed by atoms with Gasteiger partial charge in [-0.25, -0.2) is 4.98 Å². The third-order valence-corrected chi connectivity index (χ3v) is 6.46. The van der Waals surface area contributed by atoms with E-state index in [9.17, 15) is 4.79 Å². The summed E-state index contributed by atoms with van der Waals surface area (Å²) in [6.07, 6.45) is 9.34. The summed E-state index contributed by atoms with van der Waals surface area (Å²) in [5, 5.41) is 9.23. The van der Waals surface area contributed by atoms with Gasteiger partial charge >= 0.3 is 0 Å². The minimum Gasteiger partial charge on any atom is -0.307 e. The van der Waals surface area contributed by atoms with Gasteiger partial charge in [-0.05, 0) is 43.7 Å². The average molecular weight is 473 g/mol. The Morgan fingerprint density at radius 3 is 2.82 bits per heavy atom. The number of pyridine rings is 2. The van der Waals surface area contributed by atoms with Crippen LogP contribution in [-0.4, -0.2) is 49.7 Å². The van der Waals surface area contributed by atoms with Gasteiger partial charge in [-0.3, -0.25) is 19.4 Å². The van der Waals surface area contributed by atoms with Crippen molar-refractivity contribution in [2.75, 3.05) is 18.4 Å². The minimum atomic E-state index is -0.214. The van der Waals surface area contributed by atoms with Crippen LogP contribution in [0.4, 0.5) is 5.82 Å². The van der Waals surface area contributed by atoms with E-state index in [1.807, 2.05) is 29.0 Å². The fraction of sp³-hybridized carbons (Fsp3) is 0.231. The lowest BCUT2D eigenvalue weighted by Crippen LogP contribution is -2.33. The highest BCUT2D eigenvalue weighted by atomic mass is 35.5. The molecule has 4 heterocycles. The predicted octanol–water partition coefficient (Wildman–Crippen LogP) is 5.05. The van der Waals surface area contributed by atoms with Crippen LogP contribution in [0.25, 0.3) is 22.2 Å². The molecule has 1 amide bonds. The first-order chi connectivity index (χ1) is 16.6. The van der Waals surface area contributed by atoms with Crippen molar-refractivity contribution in [2.45, 2.75) is 25.4 Å². The van der Waals surface area contributed by atoms with Crippen LogP contribution in [0.2, 0.25) is 5.02 Å². The largest absolute Gasteiger partial charge is 0.307 e. The van der Waals surface area contributed by atoms with Gasteiger partial charge < -0.3 is 5.32 Å². The molecule has 1 atom stereocenters. The molecule has 4 aromatic rings. The first kappa shape index (κ1) is 22.3. The van der Waals surface area contributed by atoms with E-state index in [2.05, 4.69) is 26.8 Å². The number of likely N-dealkylation sites (tertiary alicyclic amines) is 1. The van der Waals surface area contributed by atoms with E-state index in [1.165, 1.54) is 6.42 Å². The van der Waals surface area contributed by atoms with Gasteiger partial charge in [0.05, 0.1) is 17.1 Å². The number of halogens is 1. The zero-order valence-corrected chi connectivity index (χ0v) is 19.4. The van der Waals surface area contributed by atoms with E-state index in [-0.39, 0.29) is 5.91 Å².